The number of anilines is 4. The molecule has 284 valence electrons. The standard InChI is InChI=1S/C51H49N5O/c1-33(2)43-27-36(35-15-9-8-10-16-35)28-44(34(3)4)49(43)55-32-54(50-46(55)21-14-25-53-50)38-17-13-18-39(30-38)57-40-22-23-42-41-19-11-12-20-45(41)56(47(42)31-40)48-29-37(24-26-52-48)51(5,6)7/h8-31,33-34H,32H2,1-7H3. The van der Waals surface area contributed by atoms with Crippen molar-refractivity contribution in [2.24, 2.45) is 0 Å². The van der Waals surface area contributed by atoms with Crippen LogP contribution in [0.1, 0.15) is 77.0 Å². The second-order valence-electron chi connectivity index (χ2n) is 16.8. The predicted molar refractivity (Wildman–Crippen MR) is 237 cm³/mol. The minimum absolute atomic E-state index is 0.00142. The van der Waals surface area contributed by atoms with Crippen molar-refractivity contribution in [1.82, 2.24) is 14.5 Å². The molecule has 57 heavy (non-hydrogen) atoms. The van der Waals surface area contributed by atoms with Gasteiger partial charge in [-0.2, -0.15) is 0 Å². The Morgan fingerprint density at radius 1 is 0.579 bits per heavy atom. The van der Waals surface area contributed by atoms with E-state index in [4.69, 9.17) is 14.7 Å². The molecule has 8 aromatic rings. The van der Waals surface area contributed by atoms with Crippen molar-refractivity contribution in [1.29, 1.82) is 0 Å². The number of aromatic nitrogens is 3. The van der Waals surface area contributed by atoms with E-state index in [9.17, 15) is 0 Å². The maximum absolute atomic E-state index is 6.71. The summed E-state index contributed by atoms with van der Waals surface area (Å²) in [5.41, 5.74) is 12.0. The van der Waals surface area contributed by atoms with Gasteiger partial charge in [0.15, 0.2) is 5.82 Å². The Hall–Kier alpha value is -6.40. The number of nitrogens with zero attached hydrogens (tertiary/aromatic N) is 5. The van der Waals surface area contributed by atoms with Gasteiger partial charge in [-0.1, -0.05) is 103 Å². The second kappa shape index (κ2) is 14.3. The van der Waals surface area contributed by atoms with Crippen LogP contribution in [0, 0.1) is 0 Å². The molecule has 3 aromatic heterocycles. The average molecular weight is 748 g/mol. The van der Waals surface area contributed by atoms with E-state index in [1.165, 1.54) is 38.9 Å². The molecule has 4 heterocycles. The molecule has 0 bridgehead atoms. The highest BCUT2D eigenvalue weighted by atomic mass is 16.5. The van der Waals surface area contributed by atoms with E-state index >= 15 is 0 Å². The molecule has 1 aliphatic rings. The van der Waals surface area contributed by atoms with Crippen molar-refractivity contribution in [2.75, 3.05) is 16.5 Å². The lowest BCUT2D eigenvalue weighted by atomic mass is 9.88. The van der Waals surface area contributed by atoms with Gasteiger partial charge in [-0.3, -0.25) is 4.57 Å². The lowest BCUT2D eigenvalue weighted by molar-refractivity contribution is 0.483. The van der Waals surface area contributed by atoms with Crippen LogP contribution >= 0.6 is 0 Å². The first-order chi connectivity index (χ1) is 27.5. The van der Waals surface area contributed by atoms with Crippen LogP contribution < -0.4 is 14.5 Å². The van der Waals surface area contributed by atoms with Crippen molar-refractivity contribution in [2.45, 2.75) is 65.7 Å². The summed E-state index contributed by atoms with van der Waals surface area (Å²) in [7, 11) is 0. The third kappa shape index (κ3) is 6.59. The van der Waals surface area contributed by atoms with Gasteiger partial charge in [0.25, 0.3) is 0 Å². The Labute approximate surface area is 336 Å². The molecule has 0 fully saturated rings. The van der Waals surface area contributed by atoms with Gasteiger partial charge in [-0.25, -0.2) is 9.97 Å². The van der Waals surface area contributed by atoms with Crippen LogP contribution in [-0.4, -0.2) is 21.2 Å². The summed E-state index contributed by atoms with van der Waals surface area (Å²) in [6.45, 7) is 16.5. The Morgan fingerprint density at radius 3 is 2.05 bits per heavy atom. The number of fused-ring (bicyclic) bond motifs is 4. The number of pyridine rings is 2. The molecule has 0 unspecified atom stereocenters. The molecule has 0 aliphatic carbocycles. The normalized spacial score (nSPS) is 13.0. The van der Waals surface area contributed by atoms with Gasteiger partial charge in [-0.05, 0) is 112 Å². The Kier molecular flexibility index (Phi) is 9.08. The first kappa shape index (κ1) is 36.3. The van der Waals surface area contributed by atoms with Crippen molar-refractivity contribution in [3.05, 3.63) is 163 Å². The third-order valence-electron chi connectivity index (χ3n) is 11.2. The SMILES string of the molecule is CC(C)c1cc(-c2ccccc2)cc(C(C)C)c1N1CN(c2cccc(Oc3ccc4c5ccccc5n(-c5cc(C(C)(C)C)ccn5)c4c3)c2)c2ncccc21. The first-order valence-corrected chi connectivity index (χ1v) is 20.1. The summed E-state index contributed by atoms with van der Waals surface area (Å²) in [6, 6.07) is 47.4. The van der Waals surface area contributed by atoms with E-state index in [0.717, 1.165) is 50.9 Å². The van der Waals surface area contributed by atoms with Crippen LogP contribution in [0.5, 0.6) is 11.5 Å². The smallest absolute Gasteiger partial charge is 0.158 e. The average Bonchev–Trinajstić information content (AvgIpc) is 3.76. The molecule has 5 aromatic carbocycles. The second-order valence-corrected chi connectivity index (χ2v) is 16.8. The largest absolute Gasteiger partial charge is 0.457 e. The molecule has 6 nitrogen and oxygen atoms in total. The number of hydrogen-bond acceptors (Lipinski definition) is 5. The molecular formula is C51H49N5O. The van der Waals surface area contributed by atoms with Crippen LogP contribution in [0.3, 0.4) is 0 Å². The van der Waals surface area contributed by atoms with E-state index in [1.54, 1.807) is 0 Å². The quantitative estimate of drug-likeness (QED) is 0.155. The number of ether oxygens (including phenoxy) is 1. The molecule has 6 heteroatoms. The van der Waals surface area contributed by atoms with E-state index in [-0.39, 0.29) is 5.41 Å². The van der Waals surface area contributed by atoms with E-state index < -0.39 is 0 Å². The first-order valence-electron chi connectivity index (χ1n) is 20.1. The summed E-state index contributed by atoms with van der Waals surface area (Å²) >= 11 is 0. The van der Waals surface area contributed by atoms with Crippen LogP contribution in [0.2, 0.25) is 0 Å². The maximum Gasteiger partial charge on any atom is 0.158 e. The topological polar surface area (TPSA) is 46.4 Å². The van der Waals surface area contributed by atoms with Crippen molar-refractivity contribution >= 4 is 44.7 Å². The fourth-order valence-corrected chi connectivity index (χ4v) is 8.27. The molecule has 9 rings (SSSR count). The van der Waals surface area contributed by atoms with Gasteiger partial charge in [0.05, 0.1) is 16.7 Å². The summed E-state index contributed by atoms with van der Waals surface area (Å²) in [4.78, 5) is 14.6. The molecular weight excluding hydrogens is 699 g/mol. The lowest BCUT2D eigenvalue weighted by Crippen LogP contribution is -2.26. The van der Waals surface area contributed by atoms with Gasteiger partial charge < -0.3 is 14.5 Å². The van der Waals surface area contributed by atoms with E-state index in [1.807, 2.05) is 24.5 Å². The maximum atomic E-state index is 6.71. The monoisotopic (exact) mass is 747 g/mol. The summed E-state index contributed by atoms with van der Waals surface area (Å²) in [5, 5.41) is 2.34. The van der Waals surface area contributed by atoms with Gasteiger partial charge in [0, 0.05) is 46.7 Å². The Balaban J connectivity index is 1.09. The number of rotatable bonds is 8. The van der Waals surface area contributed by atoms with Crippen LogP contribution in [0.25, 0.3) is 38.8 Å². The summed E-state index contributed by atoms with van der Waals surface area (Å²) in [5.74, 6) is 3.99. The number of para-hydroxylation sites is 1. The minimum atomic E-state index is -0.00142. The lowest BCUT2D eigenvalue weighted by Gasteiger charge is -2.30. The highest BCUT2D eigenvalue weighted by Gasteiger charge is 2.33. The van der Waals surface area contributed by atoms with Crippen LogP contribution in [0.4, 0.5) is 22.9 Å². The molecule has 0 saturated carbocycles. The summed E-state index contributed by atoms with van der Waals surface area (Å²) < 4.78 is 8.97. The fourth-order valence-electron chi connectivity index (χ4n) is 8.27. The zero-order valence-electron chi connectivity index (χ0n) is 33.9. The molecule has 0 amide bonds. The highest BCUT2D eigenvalue weighted by Crippen LogP contribution is 2.49. The molecule has 0 spiro atoms. The zero-order valence-corrected chi connectivity index (χ0v) is 33.9. The molecule has 0 radical (unpaired) electrons. The van der Waals surface area contributed by atoms with Crippen LogP contribution in [-0.2, 0) is 5.41 Å². The summed E-state index contributed by atoms with van der Waals surface area (Å²) in [6.07, 6.45) is 3.81. The predicted octanol–water partition coefficient (Wildman–Crippen LogP) is 13.8. The fraction of sp³-hybridized carbons (Fsp3) is 0.216. The minimum Gasteiger partial charge on any atom is -0.457 e. The Bertz CT molecular complexity index is 2730. The molecule has 0 saturated heterocycles. The zero-order chi connectivity index (χ0) is 39.4. The van der Waals surface area contributed by atoms with Crippen molar-refractivity contribution in [3.8, 4) is 28.4 Å². The molecule has 0 atom stereocenters. The Morgan fingerprint density at radius 2 is 1.30 bits per heavy atom. The van der Waals surface area contributed by atoms with Gasteiger partial charge in [0.1, 0.15) is 24.0 Å². The number of hydrogen-bond donors (Lipinski definition) is 0. The third-order valence-corrected chi connectivity index (χ3v) is 11.2. The highest BCUT2D eigenvalue weighted by molar-refractivity contribution is 6.09. The van der Waals surface area contributed by atoms with Crippen molar-refractivity contribution in [3.63, 3.8) is 0 Å². The molecule has 1 aliphatic heterocycles. The van der Waals surface area contributed by atoms with Gasteiger partial charge in [-0.15, -0.1) is 0 Å². The van der Waals surface area contributed by atoms with Gasteiger partial charge in [0.2, 0.25) is 0 Å². The van der Waals surface area contributed by atoms with E-state index in [0.29, 0.717) is 18.5 Å². The van der Waals surface area contributed by atoms with Gasteiger partial charge >= 0.3 is 0 Å². The van der Waals surface area contributed by atoms with E-state index in [2.05, 4.69) is 184 Å². The van der Waals surface area contributed by atoms with Crippen molar-refractivity contribution < 1.29 is 4.74 Å². The molecule has 0 N–H and O–H groups in total. The van der Waals surface area contributed by atoms with Crippen LogP contribution in [0.15, 0.2) is 146 Å². The number of benzene rings is 5.